The molecule has 1 nitrogen and oxygen atoms in total. The SMILES string of the molecule is CC(C#CC(C)(C)N)CCC1C(C)CCCC1(C)C. The van der Waals surface area contributed by atoms with Crippen molar-refractivity contribution in [2.45, 2.75) is 79.2 Å². The van der Waals surface area contributed by atoms with Crippen LogP contribution in [0, 0.1) is 35.0 Å². The van der Waals surface area contributed by atoms with Crippen LogP contribution in [0.5, 0.6) is 0 Å². The van der Waals surface area contributed by atoms with Crippen LogP contribution < -0.4 is 5.73 Å². The highest BCUT2D eigenvalue weighted by Gasteiger charge is 2.36. The summed E-state index contributed by atoms with van der Waals surface area (Å²) >= 11 is 0. The Bertz CT molecular complexity index is 337. The van der Waals surface area contributed by atoms with E-state index in [1.54, 1.807) is 0 Å². The molecule has 1 aliphatic rings. The summed E-state index contributed by atoms with van der Waals surface area (Å²) < 4.78 is 0. The third-order valence-corrected chi connectivity index (χ3v) is 4.72. The van der Waals surface area contributed by atoms with E-state index in [4.69, 9.17) is 5.73 Å². The molecule has 0 radical (unpaired) electrons. The van der Waals surface area contributed by atoms with Gasteiger partial charge in [-0.1, -0.05) is 52.4 Å². The van der Waals surface area contributed by atoms with Gasteiger partial charge in [-0.2, -0.15) is 0 Å². The maximum absolute atomic E-state index is 5.91. The lowest BCUT2D eigenvalue weighted by Crippen LogP contribution is -2.33. The predicted octanol–water partition coefficient (Wildman–Crippen LogP) is 4.61. The summed E-state index contributed by atoms with van der Waals surface area (Å²) in [5.74, 6) is 8.69. The Labute approximate surface area is 120 Å². The maximum Gasteiger partial charge on any atom is 0.0719 e. The minimum atomic E-state index is -0.355. The molecule has 0 spiro atoms. The highest BCUT2D eigenvalue weighted by atomic mass is 14.7. The molecule has 0 saturated heterocycles. The zero-order valence-electron chi connectivity index (χ0n) is 13.8. The Hall–Kier alpha value is -0.480. The van der Waals surface area contributed by atoms with E-state index >= 15 is 0 Å². The number of rotatable bonds is 3. The highest BCUT2D eigenvalue weighted by Crippen LogP contribution is 2.46. The van der Waals surface area contributed by atoms with Gasteiger partial charge in [-0.25, -0.2) is 0 Å². The summed E-state index contributed by atoms with van der Waals surface area (Å²) in [7, 11) is 0. The van der Waals surface area contributed by atoms with E-state index in [-0.39, 0.29) is 5.54 Å². The predicted molar refractivity (Wildman–Crippen MR) is 84.7 cm³/mol. The van der Waals surface area contributed by atoms with Crippen molar-refractivity contribution in [3.05, 3.63) is 0 Å². The first-order chi connectivity index (χ1) is 8.62. The number of nitrogens with two attached hydrogens (primary N) is 1. The van der Waals surface area contributed by atoms with Crippen molar-refractivity contribution in [1.29, 1.82) is 0 Å². The first-order valence-electron chi connectivity index (χ1n) is 7.93. The molecule has 0 aromatic carbocycles. The van der Waals surface area contributed by atoms with Crippen LogP contribution >= 0.6 is 0 Å². The summed E-state index contributed by atoms with van der Waals surface area (Å²) in [6.45, 7) is 13.5. The quantitative estimate of drug-likeness (QED) is 0.740. The molecule has 3 unspecified atom stereocenters. The topological polar surface area (TPSA) is 26.0 Å². The van der Waals surface area contributed by atoms with Crippen LogP contribution in [0.1, 0.15) is 73.6 Å². The molecule has 0 heterocycles. The van der Waals surface area contributed by atoms with E-state index in [0.29, 0.717) is 11.3 Å². The molecule has 110 valence electrons. The smallest absolute Gasteiger partial charge is 0.0719 e. The third-order valence-electron chi connectivity index (χ3n) is 4.72. The molecule has 0 bridgehead atoms. The lowest BCUT2D eigenvalue weighted by Gasteiger charge is -2.43. The van der Waals surface area contributed by atoms with Gasteiger partial charge in [0.15, 0.2) is 0 Å². The van der Waals surface area contributed by atoms with Gasteiger partial charge in [0.25, 0.3) is 0 Å². The van der Waals surface area contributed by atoms with Gasteiger partial charge in [0.1, 0.15) is 0 Å². The lowest BCUT2D eigenvalue weighted by molar-refractivity contribution is 0.0728. The molecule has 1 aliphatic carbocycles. The molecule has 1 heteroatoms. The molecule has 1 saturated carbocycles. The van der Waals surface area contributed by atoms with Crippen LogP contribution in [0.4, 0.5) is 0 Å². The molecule has 0 aromatic rings. The minimum absolute atomic E-state index is 0.355. The molecule has 0 amide bonds. The van der Waals surface area contributed by atoms with Crippen molar-refractivity contribution in [3.63, 3.8) is 0 Å². The Morgan fingerprint density at radius 1 is 1.37 bits per heavy atom. The van der Waals surface area contributed by atoms with Crippen LogP contribution in [-0.4, -0.2) is 5.54 Å². The van der Waals surface area contributed by atoms with Gasteiger partial charge in [0.2, 0.25) is 0 Å². The van der Waals surface area contributed by atoms with Crippen molar-refractivity contribution in [2.75, 3.05) is 0 Å². The Balaban J connectivity index is 2.52. The van der Waals surface area contributed by atoms with Crippen molar-refractivity contribution in [1.82, 2.24) is 0 Å². The largest absolute Gasteiger partial charge is 0.316 e. The zero-order chi connectivity index (χ0) is 14.7. The molecule has 2 N–H and O–H groups in total. The third kappa shape index (κ3) is 5.57. The zero-order valence-corrected chi connectivity index (χ0v) is 13.8. The molecule has 1 rings (SSSR count). The van der Waals surface area contributed by atoms with Crippen LogP contribution in [-0.2, 0) is 0 Å². The van der Waals surface area contributed by atoms with E-state index in [0.717, 1.165) is 11.8 Å². The van der Waals surface area contributed by atoms with Crippen LogP contribution in [0.3, 0.4) is 0 Å². The number of hydrogen-bond acceptors (Lipinski definition) is 1. The van der Waals surface area contributed by atoms with Crippen molar-refractivity contribution in [2.24, 2.45) is 28.9 Å². The second kappa shape index (κ2) is 6.31. The van der Waals surface area contributed by atoms with Gasteiger partial charge in [0.05, 0.1) is 5.54 Å². The summed E-state index contributed by atoms with van der Waals surface area (Å²) in [5, 5.41) is 0. The monoisotopic (exact) mass is 263 g/mol. The fourth-order valence-electron chi connectivity index (χ4n) is 3.52. The van der Waals surface area contributed by atoms with Gasteiger partial charge in [-0.3, -0.25) is 0 Å². The van der Waals surface area contributed by atoms with Gasteiger partial charge < -0.3 is 5.73 Å². The first kappa shape index (κ1) is 16.6. The summed E-state index contributed by atoms with van der Waals surface area (Å²) in [4.78, 5) is 0. The highest BCUT2D eigenvalue weighted by molar-refractivity contribution is 5.14. The van der Waals surface area contributed by atoms with Crippen molar-refractivity contribution < 1.29 is 0 Å². The van der Waals surface area contributed by atoms with Crippen LogP contribution in [0.15, 0.2) is 0 Å². The molecule has 3 atom stereocenters. The maximum atomic E-state index is 5.91. The van der Waals surface area contributed by atoms with Gasteiger partial charge in [0, 0.05) is 5.92 Å². The van der Waals surface area contributed by atoms with E-state index in [1.807, 2.05) is 13.8 Å². The Morgan fingerprint density at radius 2 is 2.00 bits per heavy atom. The average molecular weight is 263 g/mol. The van der Waals surface area contributed by atoms with Crippen molar-refractivity contribution >= 4 is 0 Å². The Kier molecular flexibility index (Phi) is 5.51. The van der Waals surface area contributed by atoms with Crippen molar-refractivity contribution in [3.8, 4) is 11.8 Å². The van der Waals surface area contributed by atoms with E-state index in [2.05, 4.69) is 39.5 Å². The number of hydrogen-bond donors (Lipinski definition) is 1. The van der Waals surface area contributed by atoms with Crippen LogP contribution in [0.25, 0.3) is 0 Å². The molecule has 1 fully saturated rings. The molecule has 19 heavy (non-hydrogen) atoms. The fraction of sp³-hybridized carbons (Fsp3) is 0.889. The second-order valence-corrected chi connectivity index (χ2v) is 7.93. The lowest BCUT2D eigenvalue weighted by atomic mass is 9.62. The van der Waals surface area contributed by atoms with E-state index in [1.165, 1.54) is 32.1 Å². The van der Waals surface area contributed by atoms with E-state index in [9.17, 15) is 0 Å². The van der Waals surface area contributed by atoms with Gasteiger partial charge in [-0.15, -0.1) is 0 Å². The normalized spacial score (nSPS) is 28.4. The average Bonchev–Trinajstić information content (AvgIpc) is 2.23. The molecular formula is C18H33N. The standard InChI is InChI=1S/C18H33N/c1-14(11-13-18(5,6)19)9-10-16-15(2)8-7-12-17(16,3)4/h14-16H,7-10,12,19H2,1-6H3. The summed E-state index contributed by atoms with van der Waals surface area (Å²) in [6.07, 6.45) is 6.72. The molecule has 0 aromatic heterocycles. The van der Waals surface area contributed by atoms with E-state index < -0.39 is 0 Å². The summed E-state index contributed by atoms with van der Waals surface area (Å²) in [6, 6.07) is 0. The van der Waals surface area contributed by atoms with Gasteiger partial charge >= 0.3 is 0 Å². The fourth-order valence-corrected chi connectivity index (χ4v) is 3.52. The Morgan fingerprint density at radius 3 is 2.53 bits per heavy atom. The summed E-state index contributed by atoms with van der Waals surface area (Å²) in [5.41, 5.74) is 6.07. The molecule has 0 aliphatic heterocycles. The van der Waals surface area contributed by atoms with Gasteiger partial charge in [-0.05, 0) is 50.4 Å². The molecular weight excluding hydrogens is 230 g/mol. The minimum Gasteiger partial charge on any atom is -0.316 e. The second-order valence-electron chi connectivity index (χ2n) is 7.93. The van der Waals surface area contributed by atoms with Crippen LogP contribution in [0.2, 0.25) is 0 Å². The first-order valence-corrected chi connectivity index (χ1v) is 7.93.